The number of carbonyl (C=O) groups is 1. The van der Waals surface area contributed by atoms with Crippen molar-refractivity contribution in [2.75, 3.05) is 0 Å². The van der Waals surface area contributed by atoms with Gasteiger partial charge in [-0.2, -0.15) is 13.2 Å². The molecule has 1 aromatic carbocycles. The maximum atomic E-state index is 12.4. The number of benzene rings is 1. The third-order valence-corrected chi connectivity index (χ3v) is 2.85. The number of amides is 1. The Morgan fingerprint density at radius 1 is 1.32 bits per heavy atom. The summed E-state index contributed by atoms with van der Waals surface area (Å²) in [5.74, 6) is -0.842. The topological polar surface area (TPSA) is 49.3 Å². The second kappa shape index (κ2) is 5.61. The van der Waals surface area contributed by atoms with Crippen LogP contribution in [0.25, 0.3) is 0 Å². The first-order valence-electron chi connectivity index (χ1n) is 5.74. The fourth-order valence-corrected chi connectivity index (χ4v) is 1.48. The van der Waals surface area contributed by atoms with Gasteiger partial charge in [-0.1, -0.05) is 24.3 Å². The van der Waals surface area contributed by atoms with Crippen LogP contribution in [-0.2, 0) is 11.3 Å². The number of hydrogen-bond acceptors (Lipinski definition) is 2. The van der Waals surface area contributed by atoms with Crippen LogP contribution in [0.15, 0.2) is 24.3 Å². The van der Waals surface area contributed by atoms with Crippen molar-refractivity contribution in [2.24, 2.45) is 0 Å². The Labute approximate surface area is 109 Å². The maximum absolute atomic E-state index is 12.4. The van der Waals surface area contributed by atoms with Gasteiger partial charge in [0.05, 0.1) is 6.42 Å². The van der Waals surface area contributed by atoms with E-state index in [-0.39, 0.29) is 6.54 Å². The quantitative estimate of drug-likeness (QED) is 0.886. The van der Waals surface area contributed by atoms with E-state index in [2.05, 4.69) is 5.32 Å². The predicted molar refractivity (Wildman–Crippen MR) is 64.3 cm³/mol. The van der Waals surface area contributed by atoms with Crippen LogP contribution in [0.1, 0.15) is 24.5 Å². The largest absolute Gasteiger partial charge is 0.417 e. The summed E-state index contributed by atoms with van der Waals surface area (Å²) in [5, 5.41) is 11.6. The smallest absolute Gasteiger partial charge is 0.380 e. The van der Waals surface area contributed by atoms with Crippen molar-refractivity contribution in [2.45, 2.75) is 38.6 Å². The molecular formula is C13H16F3NO2. The first-order valence-corrected chi connectivity index (χ1v) is 5.74. The molecule has 1 atom stereocenters. The zero-order chi connectivity index (χ0) is 14.7. The molecule has 0 fully saturated rings. The van der Waals surface area contributed by atoms with E-state index in [1.165, 1.54) is 0 Å². The first-order chi connectivity index (χ1) is 8.63. The third kappa shape index (κ3) is 4.24. The van der Waals surface area contributed by atoms with Gasteiger partial charge in [0.1, 0.15) is 0 Å². The molecular weight excluding hydrogens is 259 g/mol. The highest BCUT2D eigenvalue weighted by Gasteiger charge is 2.50. The molecule has 6 heteroatoms. The van der Waals surface area contributed by atoms with Crippen LogP contribution in [0.3, 0.4) is 0 Å². The van der Waals surface area contributed by atoms with Crippen LogP contribution in [0.4, 0.5) is 13.2 Å². The fourth-order valence-electron chi connectivity index (χ4n) is 1.48. The Balaban J connectivity index is 2.56. The third-order valence-electron chi connectivity index (χ3n) is 2.85. The highest BCUT2D eigenvalue weighted by molar-refractivity contribution is 5.77. The predicted octanol–water partition coefficient (Wildman–Crippen LogP) is 2.31. The molecule has 0 heterocycles. The molecule has 0 aliphatic heterocycles. The SMILES string of the molecule is Cc1ccccc1CNC(=O)C[C@](C)(O)C(F)(F)F. The van der Waals surface area contributed by atoms with Crippen LogP contribution >= 0.6 is 0 Å². The minimum absolute atomic E-state index is 0.138. The lowest BCUT2D eigenvalue weighted by Crippen LogP contribution is -2.46. The molecule has 0 bridgehead atoms. The summed E-state index contributed by atoms with van der Waals surface area (Å²) >= 11 is 0. The molecule has 2 N–H and O–H groups in total. The van der Waals surface area contributed by atoms with Crippen LogP contribution in [0.5, 0.6) is 0 Å². The van der Waals surface area contributed by atoms with E-state index in [9.17, 15) is 23.1 Å². The standard InChI is InChI=1S/C13H16F3NO2/c1-9-5-3-4-6-10(9)8-17-11(18)7-12(2,19)13(14,15)16/h3-6,19H,7-8H2,1-2H3,(H,17,18)/t12-/m0/s1. The molecule has 19 heavy (non-hydrogen) atoms. The lowest BCUT2D eigenvalue weighted by Gasteiger charge is -2.25. The number of rotatable bonds is 4. The van der Waals surface area contributed by atoms with Crippen molar-refractivity contribution in [1.29, 1.82) is 0 Å². The number of halogens is 3. The summed E-state index contributed by atoms with van der Waals surface area (Å²) in [5.41, 5.74) is -1.25. The highest BCUT2D eigenvalue weighted by atomic mass is 19.4. The highest BCUT2D eigenvalue weighted by Crippen LogP contribution is 2.32. The Kier molecular flexibility index (Phi) is 4.57. The lowest BCUT2D eigenvalue weighted by molar-refractivity contribution is -0.253. The van der Waals surface area contributed by atoms with Gasteiger partial charge in [0, 0.05) is 6.54 Å². The molecule has 0 aliphatic rings. The minimum Gasteiger partial charge on any atom is -0.380 e. The lowest BCUT2D eigenvalue weighted by atomic mass is 10.0. The normalized spacial score (nSPS) is 14.8. The fraction of sp³-hybridized carbons (Fsp3) is 0.462. The average Bonchev–Trinajstić information content (AvgIpc) is 2.26. The Hall–Kier alpha value is -1.56. The Bertz CT molecular complexity index is 455. The molecule has 1 amide bonds. The zero-order valence-electron chi connectivity index (χ0n) is 10.7. The minimum atomic E-state index is -4.83. The van der Waals surface area contributed by atoms with Gasteiger partial charge in [-0.25, -0.2) is 0 Å². The van der Waals surface area contributed by atoms with Crippen LogP contribution in [0.2, 0.25) is 0 Å². The van der Waals surface area contributed by atoms with Crippen molar-refractivity contribution in [3.05, 3.63) is 35.4 Å². The number of aryl methyl sites for hydroxylation is 1. The van der Waals surface area contributed by atoms with Gasteiger partial charge < -0.3 is 10.4 Å². The molecule has 3 nitrogen and oxygen atoms in total. The Morgan fingerprint density at radius 3 is 2.42 bits per heavy atom. The second-order valence-corrected chi connectivity index (χ2v) is 4.65. The van der Waals surface area contributed by atoms with E-state index < -0.39 is 24.1 Å². The summed E-state index contributed by atoms with van der Waals surface area (Å²) < 4.78 is 37.2. The van der Waals surface area contributed by atoms with Gasteiger partial charge in [-0.3, -0.25) is 4.79 Å². The summed E-state index contributed by atoms with van der Waals surface area (Å²) in [4.78, 5) is 11.4. The van der Waals surface area contributed by atoms with Gasteiger partial charge in [-0.15, -0.1) is 0 Å². The summed E-state index contributed by atoms with van der Waals surface area (Å²) in [6.07, 6.45) is -5.84. The molecule has 1 rings (SSSR count). The maximum Gasteiger partial charge on any atom is 0.417 e. The van der Waals surface area contributed by atoms with Gasteiger partial charge in [0.15, 0.2) is 5.60 Å². The van der Waals surface area contributed by atoms with E-state index in [0.717, 1.165) is 11.1 Å². The molecule has 0 radical (unpaired) electrons. The number of alkyl halides is 3. The van der Waals surface area contributed by atoms with Gasteiger partial charge in [0.25, 0.3) is 0 Å². The molecule has 0 aliphatic carbocycles. The van der Waals surface area contributed by atoms with Crippen LogP contribution in [0, 0.1) is 6.92 Å². The van der Waals surface area contributed by atoms with Crippen LogP contribution < -0.4 is 5.32 Å². The molecule has 0 aromatic heterocycles. The van der Waals surface area contributed by atoms with Gasteiger partial charge >= 0.3 is 6.18 Å². The number of hydrogen-bond donors (Lipinski definition) is 2. The van der Waals surface area contributed by atoms with Crippen LogP contribution in [-0.4, -0.2) is 22.8 Å². The van der Waals surface area contributed by atoms with E-state index in [4.69, 9.17) is 0 Å². The van der Waals surface area contributed by atoms with Crippen molar-refractivity contribution in [3.63, 3.8) is 0 Å². The second-order valence-electron chi connectivity index (χ2n) is 4.65. The summed E-state index contributed by atoms with van der Waals surface area (Å²) in [6, 6.07) is 7.22. The van der Waals surface area contributed by atoms with Crippen molar-refractivity contribution < 1.29 is 23.1 Å². The van der Waals surface area contributed by atoms with Gasteiger partial charge in [-0.05, 0) is 25.0 Å². The molecule has 0 unspecified atom stereocenters. The molecule has 1 aromatic rings. The number of aliphatic hydroxyl groups is 1. The van der Waals surface area contributed by atoms with E-state index >= 15 is 0 Å². The molecule has 106 valence electrons. The van der Waals surface area contributed by atoms with E-state index in [0.29, 0.717) is 6.92 Å². The zero-order valence-corrected chi connectivity index (χ0v) is 10.7. The Morgan fingerprint density at radius 2 is 1.89 bits per heavy atom. The van der Waals surface area contributed by atoms with Crippen molar-refractivity contribution in [1.82, 2.24) is 5.32 Å². The van der Waals surface area contributed by atoms with Gasteiger partial charge in [0.2, 0.25) is 5.91 Å². The number of nitrogens with one attached hydrogen (secondary N) is 1. The van der Waals surface area contributed by atoms with Crippen molar-refractivity contribution in [3.8, 4) is 0 Å². The van der Waals surface area contributed by atoms with Crippen molar-refractivity contribution >= 4 is 5.91 Å². The first kappa shape index (κ1) is 15.5. The molecule has 0 saturated heterocycles. The average molecular weight is 275 g/mol. The summed E-state index contributed by atoms with van der Waals surface area (Å²) in [6.45, 7) is 2.56. The molecule has 0 saturated carbocycles. The van der Waals surface area contributed by atoms with E-state index in [1.54, 1.807) is 12.1 Å². The monoisotopic (exact) mass is 275 g/mol. The van der Waals surface area contributed by atoms with E-state index in [1.807, 2.05) is 19.1 Å². The summed E-state index contributed by atoms with van der Waals surface area (Å²) in [7, 11) is 0. The number of carbonyl (C=O) groups excluding carboxylic acids is 1. The molecule has 0 spiro atoms.